The molecule has 0 saturated heterocycles. The number of nitrogens with two attached hydrogens (primary N) is 1. The number of amides is 1. The molecule has 40 heavy (non-hydrogen) atoms. The van der Waals surface area contributed by atoms with E-state index in [0.29, 0.717) is 44.0 Å². The Bertz CT molecular complexity index is 1740. The van der Waals surface area contributed by atoms with Crippen LogP contribution in [0.5, 0.6) is 11.5 Å². The predicted octanol–water partition coefficient (Wildman–Crippen LogP) is 5.32. The molecule has 0 bridgehead atoms. The maximum absolute atomic E-state index is 12.8. The number of carbonyl (C=O) groups excluding carboxylic acids is 1. The maximum atomic E-state index is 12.8. The van der Waals surface area contributed by atoms with Gasteiger partial charge in [-0.25, -0.2) is 15.0 Å². The molecule has 0 radical (unpaired) electrons. The van der Waals surface area contributed by atoms with Crippen LogP contribution in [0, 0.1) is 3.57 Å². The number of methoxy groups -OCH3 is 1. The van der Waals surface area contributed by atoms with E-state index in [1.54, 1.807) is 35.9 Å². The van der Waals surface area contributed by atoms with Gasteiger partial charge < -0.3 is 19.8 Å². The number of benzene rings is 3. The second-order valence-corrected chi connectivity index (χ2v) is 10.4. The van der Waals surface area contributed by atoms with E-state index < -0.39 is 5.91 Å². The fraction of sp³-hybridized carbons (Fsp3) is 0.115. The highest BCUT2D eigenvalue weighted by molar-refractivity contribution is 14.1. The first-order valence-electron chi connectivity index (χ1n) is 11.6. The quantitative estimate of drug-likeness (QED) is 0.120. The van der Waals surface area contributed by atoms with Gasteiger partial charge in [0.05, 0.1) is 27.9 Å². The van der Waals surface area contributed by atoms with Crippen LogP contribution in [-0.4, -0.2) is 39.1 Å². The van der Waals surface area contributed by atoms with Crippen LogP contribution in [0.1, 0.15) is 11.1 Å². The average molecular weight is 692 g/mol. The smallest absolute Gasteiger partial charge is 0.260 e. The number of fused-ring (bicyclic) bond motifs is 1. The number of hydrogen-bond donors (Lipinski definition) is 2. The lowest BCUT2D eigenvalue weighted by Crippen LogP contribution is -2.23. The van der Waals surface area contributed by atoms with E-state index in [9.17, 15) is 4.79 Å². The Balaban J connectivity index is 1.29. The van der Waals surface area contributed by atoms with Gasteiger partial charge in [-0.1, -0.05) is 41.4 Å². The fourth-order valence-electron chi connectivity index (χ4n) is 3.87. The summed E-state index contributed by atoms with van der Waals surface area (Å²) in [4.78, 5) is 17.4. The summed E-state index contributed by atoms with van der Waals surface area (Å²) in [7, 11) is 1.54. The van der Waals surface area contributed by atoms with Crippen molar-refractivity contribution in [3.05, 3.63) is 79.3 Å². The Labute approximate surface area is 251 Å². The molecule has 2 heterocycles. The number of aromatic nitrogens is 4. The molecule has 0 unspecified atom stereocenters. The molecule has 0 spiro atoms. The van der Waals surface area contributed by atoms with Gasteiger partial charge in [-0.05, 0) is 74.9 Å². The zero-order valence-corrected chi connectivity index (χ0v) is 24.4. The first kappa shape index (κ1) is 27.7. The topological polar surface area (TPSA) is 143 Å². The van der Waals surface area contributed by atoms with Crippen molar-refractivity contribution in [2.45, 2.75) is 13.2 Å². The molecule has 3 aromatic carbocycles. The molecule has 3 N–H and O–H groups in total. The molecular weight excluding hydrogens is 672 g/mol. The minimum absolute atomic E-state index is 0.0715. The number of para-hydroxylation sites is 2. The number of ether oxygens (including phenoxy) is 2. The van der Waals surface area contributed by atoms with Crippen molar-refractivity contribution < 1.29 is 18.9 Å². The lowest BCUT2D eigenvalue weighted by molar-refractivity contribution is -0.121. The third-order valence-electron chi connectivity index (χ3n) is 5.72. The van der Waals surface area contributed by atoms with Crippen molar-refractivity contribution in [1.82, 2.24) is 25.3 Å². The van der Waals surface area contributed by atoms with Crippen molar-refractivity contribution in [3.63, 3.8) is 0 Å². The van der Waals surface area contributed by atoms with E-state index in [-0.39, 0.29) is 24.7 Å². The summed E-state index contributed by atoms with van der Waals surface area (Å²) in [6.45, 7) is 0.132. The summed E-state index contributed by atoms with van der Waals surface area (Å²) in [6.07, 6.45) is 1.51. The Kier molecular flexibility index (Phi) is 8.38. The number of hydrogen-bond acceptors (Lipinski definition) is 9. The molecule has 0 atom stereocenters. The number of anilines is 1. The first-order chi connectivity index (χ1) is 19.3. The minimum atomic E-state index is -0.392. The fourth-order valence-corrected chi connectivity index (χ4v) is 5.11. The third-order valence-corrected chi connectivity index (χ3v) is 7.11. The molecular formula is C26H20Cl2IN7O4. The molecule has 5 rings (SSSR count). The highest BCUT2D eigenvalue weighted by Gasteiger charge is 2.20. The second kappa shape index (κ2) is 12.1. The van der Waals surface area contributed by atoms with Gasteiger partial charge in [0, 0.05) is 15.6 Å². The number of imidazole rings is 1. The van der Waals surface area contributed by atoms with Gasteiger partial charge in [0.15, 0.2) is 28.8 Å². The number of nitrogens with one attached hydrogen (secondary N) is 1. The van der Waals surface area contributed by atoms with E-state index in [1.165, 1.54) is 6.21 Å². The van der Waals surface area contributed by atoms with Gasteiger partial charge in [-0.2, -0.15) is 5.10 Å². The normalized spacial score (nSPS) is 11.3. The third kappa shape index (κ3) is 5.98. The van der Waals surface area contributed by atoms with Crippen molar-refractivity contribution in [2.75, 3.05) is 12.8 Å². The number of rotatable bonds is 9. The van der Waals surface area contributed by atoms with Crippen LogP contribution < -0.4 is 20.6 Å². The minimum Gasteiger partial charge on any atom is -0.493 e. The number of halogens is 3. The van der Waals surface area contributed by atoms with Gasteiger partial charge in [0.2, 0.25) is 0 Å². The number of hydrazone groups is 1. The van der Waals surface area contributed by atoms with E-state index >= 15 is 0 Å². The van der Waals surface area contributed by atoms with E-state index in [0.717, 1.165) is 9.13 Å². The monoisotopic (exact) mass is 691 g/mol. The molecule has 0 fully saturated rings. The summed E-state index contributed by atoms with van der Waals surface area (Å²) in [6, 6.07) is 16.2. The van der Waals surface area contributed by atoms with Crippen LogP contribution in [0.4, 0.5) is 5.82 Å². The van der Waals surface area contributed by atoms with Crippen molar-refractivity contribution in [2.24, 2.45) is 5.10 Å². The highest BCUT2D eigenvalue weighted by Crippen LogP contribution is 2.35. The Morgan fingerprint density at radius 1 is 1.20 bits per heavy atom. The Morgan fingerprint density at radius 3 is 2.77 bits per heavy atom. The summed E-state index contributed by atoms with van der Waals surface area (Å²) >= 11 is 14.4. The molecule has 0 saturated carbocycles. The SMILES string of the molecule is COc1cc(C=NNC(=O)Cn2c(-c3nonc3N)nc3ccccc32)cc(I)c1OCc1ccc(Cl)cc1Cl. The molecule has 204 valence electrons. The van der Waals surface area contributed by atoms with E-state index in [4.69, 9.17) is 43.0 Å². The average Bonchev–Trinajstić information content (AvgIpc) is 3.51. The summed E-state index contributed by atoms with van der Waals surface area (Å²) in [5.41, 5.74) is 11.5. The van der Waals surface area contributed by atoms with Crippen LogP contribution in [0.2, 0.25) is 10.0 Å². The molecule has 2 aromatic heterocycles. The van der Waals surface area contributed by atoms with Crippen LogP contribution >= 0.6 is 45.8 Å². The van der Waals surface area contributed by atoms with Gasteiger partial charge >= 0.3 is 0 Å². The van der Waals surface area contributed by atoms with E-state index in [2.05, 4.69) is 48.4 Å². The zero-order chi connectivity index (χ0) is 28.2. The van der Waals surface area contributed by atoms with Gasteiger partial charge in [-0.3, -0.25) is 4.79 Å². The summed E-state index contributed by atoms with van der Waals surface area (Å²) in [5, 5.41) is 12.6. The van der Waals surface area contributed by atoms with Crippen molar-refractivity contribution in [3.8, 4) is 23.0 Å². The highest BCUT2D eigenvalue weighted by atomic mass is 127. The molecule has 14 heteroatoms. The lowest BCUT2D eigenvalue weighted by atomic mass is 10.2. The number of nitrogen functional groups attached to an aromatic ring is 1. The largest absolute Gasteiger partial charge is 0.493 e. The summed E-state index contributed by atoms with van der Waals surface area (Å²) < 4.78 is 18.7. The van der Waals surface area contributed by atoms with Crippen molar-refractivity contribution >= 4 is 74.8 Å². The lowest BCUT2D eigenvalue weighted by Gasteiger charge is -2.14. The van der Waals surface area contributed by atoms with Crippen molar-refractivity contribution in [1.29, 1.82) is 0 Å². The molecule has 0 aliphatic heterocycles. The Morgan fingerprint density at radius 2 is 2.02 bits per heavy atom. The van der Waals surface area contributed by atoms with Crippen LogP contribution in [0.3, 0.4) is 0 Å². The summed E-state index contributed by atoms with van der Waals surface area (Å²) in [5.74, 6) is 1.09. The molecule has 1 amide bonds. The van der Waals surface area contributed by atoms with Crippen LogP contribution in [0.15, 0.2) is 64.3 Å². The van der Waals surface area contributed by atoms with Gasteiger partial charge in [0.25, 0.3) is 5.91 Å². The van der Waals surface area contributed by atoms with Crippen LogP contribution in [0.25, 0.3) is 22.6 Å². The number of carbonyl (C=O) groups is 1. The zero-order valence-electron chi connectivity index (χ0n) is 20.8. The molecule has 5 aromatic rings. The van der Waals surface area contributed by atoms with Gasteiger partial charge in [0.1, 0.15) is 13.2 Å². The van der Waals surface area contributed by atoms with Crippen LogP contribution in [-0.2, 0) is 17.9 Å². The van der Waals surface area contributed by atoms with Gasteiger partial charge in [-0.15, -0.1) is 0 Å². The standard InChI is InChI=1S/C26H20Cl2IN7O4/c1-38-21-9-14(8-18(29)24(21)39-13-15-6-7-16(27)10-17(15)28)11-31-33-22(37)12-36-20-5-3-2-4-19(20)32-26(36)23-25(30)35-40-34-23/h2-11H,12-13H2,1H3,(H2,30,35)(H,33,37). The second-order valence-electron chi connectivity index (χ2n) is 8.36. The first-order valence-corrected chi connectivity index (χ1v) is 13.5. The molecule has 11 nitrogen and oxygen atoms in total. The maximum Gasteiger partial charge on any atom is 0.260 e. The number of nitrogens with zero attached hydrogens (tertiary/aromatic N) is 5. The Hall–Kier alpha value is -3.88. The molecule has 0 aliphatic rings. The molecule has 0 aliphatic carbocycles. The predicted molar refractivity (Wildman–Crippen MR) is 160 cm³/mol. The van der Waals surface area contributed by atoms with E-state index in [1.807, 2.05) is 30.3 Å².